The van der Waals surface area contributed by atoms with Gasteiger partial charge >= 0.3 is 0 Å². The number of carbonyl (C=O) groups excluding carboxylic acids is 1. The Morgan fingerprint density at radius 3 is 3.00 bits per heavy atom. The minimum atomic E-state index is -1.50. The number of hydrogen-bond acceptors (Lipinski definition) is 5. The van der Waals surface area contributed by atoms with E-state index in [1.807, 2.05) is 42.2 Å². The fourth-order valence-electron chi connectivity index (χ4n) is 3.04. The molecule has 1 fully saturated rings. The molecule has 0 aliphatic carbocycles. The van der Waals surface area contributed by atoms with Gasteiger partial charge in [-0.1, -0.05) is 22.0 Å². The topological polar surface area (TPSA) is 52.9 Å². The molecule has 2 aliphatic heterocycles. The summed E-state index contributed by atoms with van der Waals surface area (Å²) >= 11 is 4.94. The zero-order chi connectivity index (χ0) is 15.5. The number of Topliss-reactive ketones (excluding diaryl/α,β-unsaturated/α-hetero) is 1. The zero-order valence-electron chi connectivity index (χ0n) is 11.8. The molecule has 3 heterocycles. The van der Waals surface area contributed by atoms with E-state index < -0.39 is 5.60 Å². The molecule has 0 radical (unpaired) electrons. The molecule has 0 unspecified atom stereocenters. The number of benzene rings is 1. The van der Waals surface area contributed by atoms with Gasteiger partial charge in [0, 0.05) is 28.0 Å². The molecule has 4 nitrogen and oxygen atoms in total. The Morgan fingerprint density at radius 2 is 2.23 bits per heavy atom. The van der Waals surface area contributed by atoms with Gasteiger partial charge < -0.3 is 10.0 Å². The third-order valence-corrected chi connectivity index (χ3v) is 5.54. The number of aliphatic imine (C=N–C) groups is 1. The summed E-state index contributed by atoms with van der Waals surface area (Å²) in [5.41, 5.74) is -0.0264. The van der Waals surface area contributed by atoms with Crippen LogP contribution in [0.25, 0.3) is 0 Å². The lowest BCUT2D eigenvalue weighted by molar-refractivity contribution is 0.0603. The van der Waals surface area contributed by atoms with E-state index in [9.17, 15) is 9.90 Å². The molecule has 112 valence electrons. The van der Waals surface area contributed by atoms with Crippen molar-refractivity contribution >= 4 is 49.6 Å². The Hall–Kier alpha value is -1.50. The van der Waals surface area contributed by atoms with E-state index in [1.165, 1.54) is 11.3 Å². The molecule has 0 bridgehead atoms. The monoisotopic (exact) mass is 376 g/mol. The van der Waals surface area contributed by atoms with E-state index in [0.717, 1.165) is 15.0 Å². The maximum Gasteiger partial charge on any atom is 0.205 e. The summed E-state index contributed by atoms with van der Waals surface area (Å²) < 4.78 is 0.954. The first-order chi connectivity index (χ1) is 10.5. The van der Waals surface area contributed by atoms with Crippen LogP contribution in [0.2, 0.25) is 0 Å². The van der Waals surface area contributed by atoms with E-state index in [1.54, 1.807) is 0 Å². The number of aliphatic hydroxyl groups is 1. The van der Waals surface area contributed by atoms with Crippen molar-refractivity contribution in [2.75, 3.05) is 11.4 Å². The minimum absolute atomic E-state index is 0.227. The normalized spacial score (nSPS) is 23.3. The molecule has 1 aromatic carbocycles. The molecule has 1 saturated heterocycles. The fraction of sp³-hybridized carbons (Fsp3) is 0.250. The second kappa shape index (κ2) is 4.75. The Morgan fingerprint density at radius 1 is 1.41 bits per heavy atom. The number of nitrogens with zero attached hydrogens (tertiary/aromatic N) is 2. The SMILES string of the molecule is Cc1cc2c(s1)N=C1N(c3cccc(Br)c3)CC[C@@]1(O)C2=O. The summed E-state index contributed by atoms with van der Waals surface area (Å²) in [4.78, 5) is 20.3. The number of rotatable bonds is 1. The molecule has 1 atom stereocenters. The summed E-state index contributed by atoms with van der Waals surface area (Å²) in [5.74, 6) is 0.222. The number of thiophene rings is 1. The maximum atomic E-state index is 12.7. The molecular formula is C16H13BrN2O2S. The Bertz CT molecular complexity index is 829. The molecule has 2 aromatic rings. The van der Waals surface area contributed by atoms with Crippen LogP contribution in [0.5, 0.6) is 0 Å². The van der Waals surface area contributed by atoms with Crippen LogP contribution in [-0.2, 0) is 0 Å². The van der Waals surface area contributed by atoms with Gasteiger partial charge in [-0.05, 0) is 31.2 Å². The van der Waals surface area contributed by atoms with Crippen molar-refractivity contribution in [2.45, 2.75) is 18.9 Å². The first kappa shape index (κ1) is 14.1. The van der Waals surface area contributed by atoms with E-state index in [0.29, 0.717) is 29.4 Å². The quantitative estimate of drug-likeness (QED) is 0.825. The van der Waals surface area contributed by atoms with E-state index in [-0.39, 0.29) is 5.78 Å². The van der Waals surface area contributed by atoms with Crippen LogP contribution in [-0.4, -0.2) is 28.9 Å². The second-order valence-electron chi connectivity index (χ2n) is 5.58. The van der Waals surface area contributed by atoms with Gasteiger partial charge in [0.1, 0.15) is 5.00 Å². The van der Waals surface area contributed by atoms with Crippen LogP contribution in [0.3, 0.4) is 0 Å². The van der Waals surface area contributed by atoms with Crippen molar-refractivity contribution in [3.05, 3.63) is 45.2 Å². The number of halogens is 1. The van der Waals surface area contributed by atoms with Crippen LogP contribution in [0.1, 0.15) is 21.7 Å². The van der Waals surface area contributed by atoms with Crippen LogP contribution < -0.4 is 4.90 Å². The van der Waals surface area contributed by atoms with Crippen LogP contribution in [0, 0.1) is 6.92 Å². The van der Waals surface area contributed by atoms with Crippen molar-refractivity contribution in [1.82, 2.24) is 0 Å². The summed E-state index contributed by atoms with van der Waals surface area (Å²) in [7, 11) is 0. The first-order valence-corrected chi connectivity index (χ1v) is 8.60. The number of aryl methyl sites for hydroxylation is 1. The Balaban J connectivity index is 1.87. The number of anilines is 1. The zero-order valence-corrected chi connectivity index (χ0v) is 14.2. The predicted octanol–water partition coefficient (Wildman–Crippen LogP) is 3.69. The number of hydrogen-bond donors (Lipinski definition) is 1. The molecule has 0 saturated carbocycles. The molecule has 1 N–H and O–H groups in total. The number of ketones is 1. The number of amidine groups is 1. The van der Waals surface area contributed by atoms with Crippen molar-refractivity contribution in [1.29, 1.82) is 0 Å². The summed E-state index contributed by atoms with van der Waals surface area (Å²) in [6.45, 7) is 2.52. The summed E-state index contributed by atoms with van der Waals surface area (Å²) in [5, 5.41) is 11.6. The highest BCUT2D eigenvalue weighted by atomic mass is 79.9. The van der Waals surface area contributed by atoms with Crippen molar-refractivity contribution in [3.63, 3.8) is 0 Å². The van der Waals surface area contributed by atoms with Gasteiger partial charge in [0.15, 0.2) is 11.4 Å². The Kier molecular flexibility index (Phi) is 3.04. The van der Waals surface area contributed by atoms with Gasteiger partial charge in [0.25, 0.3) is 0 Å². The average molecular weight is 377 g/mol. The van der Waals surface area contributed by atoms with Gasteiger partial charge in [-0.25, -0.2) is 4.99 Å². The third kappa shape index (κ3) is 1.91. The van der Waals surface area contributed by atoms with Gasteiger partial charge in [-0.2, -0.15) is 0 Å². The molecule has 2 aliphatic rings. The van der Waals surface area contributed by atoms with Gasteiger partial charge in [0.2, 0.25) is 5.78 Å². The van der Waals surface area contributed by atoms with Crippen LogP contribution >= 0.6 is 27.3 Å². The summed E-state index contributed by atoms with van der Waals surface area (Å²) in [6, 6.07) is 9.62. The molecule has 6 heteroatoms. The Labute approximate surface area is 140 Å². The lowest BCUT2D eigenvalue weighted by atomic mass is 9.90. The van der Waals surface area contributed by atoms with Gasteiger partial charge in [0.05, 0.1) is 5.56 Å². The van der Waals surface area contributed by atoms with E-state index in [2.05, 4.69) is 20.9 Å². The highest BCUT2D eigenvalue weighted by Gasteiger charge is 2.52. The van der Waals surface area contributed by atoms with E-state index >= 15 is 0 Å². The molecule has 4 rings (SSSR count). The molecule has 22 heavy (non-hydrogen) atoms. The van der Waals surface area contributed by atoms with Gasteiger partial charge in [-0.3, -0.25) is 4.79 Å². The number of fused-ring (bicyclic) bond motifs is 2. The van der Waals surface area contributed by atoms with Crippen molar-refractivity contribution in [2.24, 2.45) is 4.99 Å². The lowest BCUT2D eigenvalue weighted by Gasteiger charge is -2.28. The second-order valence-corrected chi connectivity index (χ2v) is 7.73. The standard InChI is InChI=1S/C16H13BrN2O2S/c1-9-7-12-13(20)16(21)5-6-19(15(16)18-14(12)22-9)11-4-2-3-10(17)8-11/h2-4,7-8,21H,5-6H2,1H3/t16-/m1/s1. The molecule has 0 amide bonds. The van der Waals surface area contributed by atoms with Crippen molar-refractivity contribution in [3.8, 4) is 0 Å². The smallest absolute Gasteiger partial charge is 0.205 e. The highest BCUT2D eigenvalue weighted by Crippen LogP contribution is 2.43. The summed E-state index contributed by atoms with van der Waals surface area (Å²) in [6.07, 6.45) is 0.367. The van der Waals surface area contributed by atoms with E-state index in [4.69, 9.17) is 0 Å². The highest BCUT2D eigenvalue weighted by molar-refractivity contribution is 9.10. The lowest BCUT2D eigenvalue weighted by Crippen LogP contribution is -2.48. The fourth-order valence-corrected chi connectivity index (χ4v) is 4.31. The maximum absolute atomic E-state index is 12.7. The first-order valence-electron chi connectivity index (χ1n) is 6.99. The van der Waals surface area contributed by atoms with Crippen LogP contribution in [0.15, 0.2) is 39.8 Å². The largest absolute Gasteiger partial charge is 0.374 e. The molecule has 1 aromatic heterocycles. The average Bonchev–Trinajstić information content (AvgIpc) is 3.01. The van der Waals surface area contributed by atoms with Crippen LogP contribution in [0.4, 0.5) is 10.7 Å². The molecule has 0 spiro atoms. The van der Waals surface area contributed by atoms with Crippen molar-refractivity contribution < 1.29 is 9.90 Å². The van der Waals surface area contributed by atoms with Gasteiger partial charge in [-0.15, -0.1) is 11.3 Å². The molecular weight excluding hydrogens is 364 g/mol. The minimum Gasteiger partial charge on any atom is -0.374 e. The number of carbonyl (C=O) groups is 1. The predicted molar refractivity (Wildman–Crippen MR) is 91.5 cm³/mol. The third-order valence-electron chi connectivity index (χ3n) is 4.11.